The lowest BCUT2D eigenvalue weighted by Gasteiger charge is -2.28. The van der Waals surface area contributed by atoms with Crippen LogP contribution in [-0.2, 0) is 29.9 Å². The summed E-state index contributed by atoms with van der Waals surface area (Å²) < 4.78 is 37.3. The molecule has 1 saturated heterocycles. The number of nitrogens with zero attached hydrogens (tertiary/aromatic N) is 2. The van der Waals surface area contributed by atoms with Crippen molar-refractivity contribution >= 4 is 38.5 Å². The van der Waals surface area contributed by atoms with Crippen LogP contribution in [-0.4, -0.2) is 74.0 Å². The van der Waals surface area contributed by atoms with Crippen LogP contribution >= 0.6 is 0 Å². The third kappa shape index (κ3) is 7.98. The number of para-hydroxylation sites is 2. The molecule has 2 amide bonds. The minimum atomic E-state index is -3.77. The average Bonchev–Trinajstić information content (AvgIpc) is 3.39. The fraction of sp³-hybridized carbons (Fsp3) is 0.448. The summed E-state index contributed by atoms with van der Waals surface area (Å²) in [5, 5.41) is 2.74. The number of rotatable bonds is 13. The summed E-state index contributed by atoms with van der Waals surface area (Å²) in [6.07, 6.45) is 1.44. The van der Waals surface area contributed by atoms with Crippen LogP contribution in [0.1, 0.15) is 48.9 Å². The Hall–Kier alpha value is -3.57. The first-order valence-corrected chi connectivity index (χ1v) is 15.4. The zero-order valence-corrected chi connectivity index (χ0v) is 23.4. The molecular formula is C29H35N3O7S. The van der Waals surface area contributed by atoms with Crippen molar-refractivity contribution in [1.29, 1.82) is 0 Å². The number of Topliss-reactive ketones (excluding diaryl/α,β-unsaturated/α-hetero) is 1. The van der Waals surface area contributed by atoms with Crippen molar-refractivity contribution in [3.63, 3.8) is 0 Å². The number of hydrogen-bond donors (Lipinski definition) is 1. The predicted molar refractivity (Wildman–Crippen MR) is 149 cm³/mol. The molecule has 1 aliphatic rings. The third-order valence-corrected chi connectivity index (χ3v) is 8.51. The molecular weight excluding hydrogens is 534 g/mol. The molecule has 10 nitrogen and oxygen atoms in total. The molecule has 2 atom stereocenters. The van der Waals surface area contributed by atoms with Crippen LogP contribution in [0, 0.1) is 5.92 Å². The van der Waals surface area contributed by atoms with Crippen LogP contribution in [0.2, 0.25) is 0 Å². The second-order valence-corrected chi connectivity index (χ2v) is 12.1. The van der Waals surface area contributed by atoms with E-state index in [1.807, 2.05) is 6.92 Å². The fourth-order valence-electron chi connectivity index (χ4n) is 4.67. The number of amides is 2. The minimum Gasteiger partial charge on any atom is -0.434 e. The maximum Gasteiger partial charge on any atom is 0.266 e. The molecule has 2 heterocycles. The van der Waals surface area contributed by atoms with Gasteiger partial charge in [0.25, 0.3) is 5.89 Å². The van der Waals surface area contributed by atoms with Gasteiger partial charge in [-0.3, -0.25) is 14.4 Å². The Bertz CT molecular complexity index is 1380. The quantitative estimate of drug-likeness (QED) is 0.310. The van der Waals surface area contributed by atoms with Crippen molar-refractivity contribution in [2.75, 3.05) is 32.1 Å². The molecule has 0 aliphatic carbocycles. The van der Waals surface area contributed by atoms with E-state index in [4.69, 9.17) is 9.15 Å². The van der Waals surface area contributed by atoms with Gasteiger partial charge < -0.3 is 19.4 Å². The number of unbranched alkanes of at least 4 members (excludes halogenated alkanes) is 1. The second-order valence-electron chi connectivity index (χ2n) is 9.99. The first-order chi connectivity index (χ1) is 19.3. The van der Waals surface area contributed by atoms with Gasteiger partial charge >= 0.3 is 0 Å². The van der Waals surface area contributed by atoms with E-state index in [0.29, 0.717) is 55.8 Å². The lowest BCUT2D eigenvalue weighted by Crippen LogP contribution is -2.47. The molecule has 1 aromatic heterocycles. The summed E-state index contributed by atoms with van der Waals surface area (Å²) in [5.41, 5.74) is 1.56. The maximum atomic E-state index is 13.6. The number of fused-ring (bicyclic) bond motifs is 1. The van der Waals surface area contributed by atoms with Crippen molar-refractivity contribution in [2.45, 2.75) is 44.4 Å². The summed E-state index contributed by atoms with van der Waals surface area (Å²) in [6, 6.07) is 14.7. The second kappa shape index (κ2) is 13.7. The smallest absolute Gasteiger partial charge is 0.266 e. The molecule has 1 aliphatic heterocycles. The highest BCUT2D eigenvalue weighted by Crippen LogP contribution is 2.19. The van der Waals surface area contributed by atoms with Crippen LogP contribution in [0.15, 0.2) is 59.0 Å². The number of aromatic nitrogens is 1. The monoisotopic (exact) mass is 569 g/mol. The number of benzene rings is 2. The van der Waals surface area contributed by atoms with Gasteiger partial charge in [-0.25, -0.2) is 13.4 Å². The lowest BCUT2D eigenvalue weighted by molar-refractivity contribution is -0.139. The topological polar surface area (TPSA) is 136 Å². The van der Waals surface area contributed by atoms with Crippen LogP contribution in [0.4, 0.5) is 0 Å². The SMILES string of the molecule is CCCC[C@H](NC(=O)C(CC(=O)N1CCOCC1)CS(=O)(=O)Cc1ccccc1)C(=O)c1nc2ccccc2o1. The van der Waals surface area contributed by atoms with Crippen LogP contribution in [0.25, 0.3) is 11.1 Å². The number of hydrogen-bond acceptors (Lipinski definition) is 8. The molecule has 214 valence electrons. The number of nitrogens with one attached hydrogen (secondary N) is 1. The van der Waals surface area contributed by atoms with Gasteiger partial charge in [0, 0.05) is 19.5 Å². The minimum absolute atomic E-state index is 0.125. The van der Waals surface area contributed by atoms with Crippen LogP contribution < -0.4 is 5.32 Å². The standard InChI is InChI=1S/C29H35N3O7S/c1-2-3-11-24(27(34)29-31-23-12-7-8-13-25(23)39-29)30-28(35)22(18-26(33)32-14-16-38-17-15-32)20-40(36,37)19-21-9-5-4-6-10-21/h4-10,12-13,22,24H,2-3,11,14-20H2,1H3,(H,30,35)/t22?,24-/m0/s1. The zero-order valence-electron chi connectivity index (χ0n) is 22.6. The van der Waals surface area contributed by atoms with E-state index in [1.165, 1.54) is 0 Å². The Balaban J connectivity index is 1.54. The van der Waals surface area contributed by atoms with Crippen LogP contribution in [0.3, 0.4) is 0 Å². The largest absolute Gasteiger partial charge is 0.434 e. The Morgan fingerprint density at radius 3 is 2.42 bits per heavy atom. The molecule has 1 unspecified atom stereocenters. The van der Waals surface area contributed by atoms with E-state index < -0.39 is 39.2 Å². The Morgan fingerprint density at radius 2 is 1.73 bits per heavy atom. The molecule has 1 fully saturated rings. The molecule has 0 radical (unpaired) electrons. The molecule has 4 rings (SSSR count). The summed E-state index contributed by atoms with van der Waals surface area (Å²) in [5.74, 6) is -3.57. The summed E-state index contributed by atoms with van der Waals surface area (Å²) >= 11 is 0. The molecule has 40 heavy (non-hydrogen) atoms. The van der Waals surface area contributed by atoms with Gasteiger partial charge in [0.1, 0.15) is 5.52 Å². The third-order valence-electron chi connectivity index (χ3n) is 6.82. The number of sulfone groups is 1. The Morgan fingerprint density at radius 1 is 1.02 bits per heavy atom. The van der Waals surface area contributed by atoms with Crippen molar-refractivity contribution in [3.8, 4) is 0 Å². The Labute approximate surface area is 234 Å². The van der Waals surface area contributed by atoms with Crippen molar-refractivity contribution in [3.05, 3.63) is 66.1 Å². The number of oxazole rings is 1. The first-order valence-electron chi connectivity index (χ1n) is 13.6. The zero-order chi connectivity index (χ0) is 28.5. The normalized spacial score (nSPS) is 15.5. The number of morpholine rings is 1. The van der Waals surface area contributed by atoms with E-state index in [-0.39, 0.29) is 24.0 Å². The van der Waals surface area contributed by atoms with Crippen molar-refractivity contribution in [1.82, 2.24) is 15.2 Å². The van der Waals surface area contributed by atoms with Gasteiger partial charge in [0.2, 0.25) is 17.6 Å². The maximum absolute atomic E-state index is 13.6. The highest BCUT2D eigenvalue weighted by molar-refractivity contribution is 7.90. The van der Waals surface area contributed by atoms with E-state index in [2.05, 4.69) is 10.3 Å². The van der Waals surface area contributed by atoms with Gasteiger partial charge in [-0.1, -0.05) is 62.2 Å². The van der Waals surface area contributed by atoms with Gasteiger partial charge in [0.05, 0.1) is 36.7 Å². The molecule has 0 spiro atoms. The number of carbonyl (C=O) groups is 3. The highest BCUT2D eigenvalue weighted by Gasteiger charge is 2.34. The van der Waals surface area contributed by atoms with Gasteiger partial charge in [-0.2, -0.15) is 0 Å². The van der Waals surface area contributed by atoms with Gasteiger partial charge in [-0.05, 0) is 24.1 Å². The molecule has 2 aromatic carbocycles. The average molecular weight is 570 g/mol. The summed E-state index contributed by atoms with van der Waals surface area (Å²) in [4.78, 5) is 45.9. The molecule has 3 aromatic rings. The van der Waals surface area contributed by atoms with E-state index >= 15 is 0 Å². The van der Waals surface area contributed by atoms with Gasteiger partial charge in [0.15, 0.2) is 15.4 Å². The van der Waals surface area contributed by atoms with Crippen molar-refractivity contribution in [2.24, 2.45) is 5.92 Å². The molecule has 0 bridgehead atoms. The van der Waals surface area contributed by atoms with E-state index in [0.717, 1.165) is 6.42 Å². The van der Waals surface area contributed by atoms with Crippen molar-refractivity contribution < 1.29 is 32.0 Å². The number of ether oxygens (including phenoxy) is 1. The van der Waals surface area contributed by atoms with Gasteiger partial charge in [-0.15, -0.1) is 0 Å². The molecule has 11 heteroatoms. The number of ketones is 1. The highest BCUT2D eigenvalue weighted by atomic mass is 32.2. The molecule has 1 N–H and O–H groups in total. The summed E-state index contributed by atoms with van der Waals surface area (Å²) in [7, 11) is -3.77. The van der Waals surface area contributed by atoms with E-state index in [9.17, 15) is 22.8 Å². The Kier molecular flexibility index (Phi) is 10.1. The lowest BCUT2D eigenvalue weighted by atomic mass is 10.0. The summed E-state index contributed by atoms with van der Waals surface area (Å²) in [6.45, 7) is 3.47. The molecule has 0 saturated carbocycles. The first kappa shape index (κ1) is 29.4. The predicted octanol–water partition coefficient (Wildman–Crippen LogP) is 3.17. The van der Waals surface area contributed by atoms with Crippen LogP contribution in [0.5, 0.6) is 0 Å². The van der Waals surface area contributed by atoms with E-state index in [1.54, 1.807) is 59.5 Å². The number of carbonyl (C=O) groups excluding carboxylic acids is 3. The fourth-order valence-corrected chi connectivity index (χ4v) is 6.37.